The van der Waals surface area contributed by atoms with Crippen LogP contribution in [0.4, 0.5) is 5.82 Å². The van der Waals surface area contributed by atoms with Crippen molar-refractivity contribution in [2.45, 2.75) is 19.3 Å². The Morgan fingerprint density at radius 2 is 2.17 bits per heavy atom. The Balaban J connectivity index is 1.91. The van der Waals surface area contributed by atoms with E-state index in [-0.39, 0.29) is 0 Å². The van der Waals surface area contributed by atoms with Gasteiger partial charge in [-0.1, -0.05) is 28.8 Å². The van der Waals surface area contributed by atoms with E-state index >= 15 is 0 Å². The Labute approximate surface area is 115 Å². The van der Waals surface area contributed by atoms with Gasteiger partial charge < -0.3 is 4.90 Å². The SMILES string of the molecule is CN(CCC1CC1)c1ncnc2ccc(Br)cc12. The van der Waals surface area contributed by atoms with E-state index in [2.05, 4.69) is 43.9 Å². The third kappa shape index (κ3) is 2.48. The molecule has 3 rings (SSSR count). The van der Waals surface area contributed by atoms with Crippen LogP contribution >= 0.6 is 15.9 Å². The third-order valence-corrected chi connectivity index (χ3v) is 4.00. The summed E-state index contributed by atoms with van der Waals surface area (Å²) in [5.74, 6) is 1.98. The van der Waals surface area contributed by atoms with Crippen LogP contribution in [0.15, 0.2) is 29.0 Å². The summed E-state index contributed by atoms with van der Waals surface area (Å²) in [6.07, 6.45) is 5.74. The van der Waals surface area contributed by atoms with E-state index in [1.54, 1.807) is 6.33 Å². The first-order valence-electron chi connectivity index (χ1n) is 6.35. The topological polar surface area (TPSA) is 29.0 Å². The first-order chi connectivity index (χ1) is 8.74. The monoisotopic (exact) mass is 305 g/mol. The van der Waals surface area contributed by atoms with Gasteiger partial charge in [-0.2, -0.15) is 0 Å². The number of benzene rings is 1. The minimum atomic E-state index is 0.951. The first kappa shape index (κ1) is 11.9. The van der Waals surface area contributed by atoms with E-state index in [1.807, 2.05) is 12.1 Å². The fourth-order valence-electron chi connectivity index (χ4n) is 2.21. The van der Waals surface area contributed by atoms with Gasteiger partial charge in [-0.05, 0) is 30.5 Å². The maximum Gasteiger partial charge on any atom is 0.139 e. The zero-order valence-corrected chi connectivity index (χ0v) is 12.0. The highest BCUT2D eigenvalue weighted by Gasteiger charge is 2.21. The van der Waals surface area contributed by atoms with Crippen molar-refractivity contribution in [1.29, 1.82) is 0 Å². The average molecular weight is 306 g/mol. The number of nitrogens with zero attached hydrogens (tertiary/aromatic N) is 3. The lowest BCUT2D eigenvalue weighted by molar-refractivity contribution is 0.707. The van der Waals surface area contributed by atoms with Gasteiger partial charge in [0.25, 0.3) is 0 Å². The number of rotatable bonds is 4. The molecule has 4 heteroatoms. The third-order valence-electron chi connectivity index (χ3n) is 3.51. The fraction of sp³-hybridized carbons (Fsp3) is 0.429. The molecule has 94 valence electrons. The zero-order valence-electron chi connectivity index (χ0n) is 10.4. The standard InChI is InChI=1S/C14H16BrN3/c1-18(7-6-10-2-3-10)14-12-8-11(15)4-5-13(12)16-9-17-14/h4-5,8-10H,2-3,6-7H2,1H3. The minimum absolute atomic E-state index is 0.951. The second-order valence-corrected chi connectivity index (χ2v) is 5.93. The quantitative estimate of drug-likeness (QED) is 0.864. The summed E-state index contributed by atoms with van der Waals surface area (Å²) in [6.45, 7) is 1.07. The molecule has 0 spiro atoms. The maximum absolute atomic E-state index is 4.44. The van der Waals surface area contributed by atoms with E-state index in [4.69, 9.17) is 0 Å². The highest BCUT2D eigenvalue weighted by Crippen LogP contribution is 2.33. The van der Waals surface area contributed by atoms with Gasteiger partial charge in [0, 0.05) is 23.5 Å². The molecular weight excluding hydrogens is 290 g/mol. The highest BCUT2D eigenvalue weighted by atomic mass is 79.9. The van der Waals surface area contributed by atoms with Gasteiger partial charge in [0.2, 0.25) is 0 Å². The van der Waals surface area contributed by atoms with Gasteiger partial charge in [0.15, 0.2) is 0 Å². The number of anilines is 1. The lowest BCUT2D eigenvalue weighted by atomic mass is 10.2. The van der Waals surface area contributed by atoms with Crippen molar-refractivity contribution in [1.82, 2.24) is 9.97 Å². The van der Waals surface area contributed by atoms with Crippen molar-refractivity contribution in [2.24, 2.45) is 5.92 Å². The summed E-state index contributed by atoms with van der Waals surface area (Å²) in [5, 5.41) is 1.12. The molecule has 0 unspecified atom stereocenters. The summed E-state index contributed by atoms with van der Waals surface area (Å²) >= 11 is 3.51. The molecule has 0 radical (unpaired) electrons. The summed E-state index contributed by atoms with van der Waals surface area (Å²) in [6, 6.07) is 6.14. The second-order valence-electron chi connectivity index (χ2n) is 5.01. The Bertz CT molecular complexity index is 566. The molecule has 0 aliphatic heterocycles. The lowest BCUT2D eigenvalue weighted by Crippen LogP contribution is -2.20. The Morgan fingerprint density at radius 1 is 1.33 bits per heavy atom. The van der Waals surface area contributed by atoms with Gasteiger partial charge in [0.1, 0.15) is 12.1 Å². The van der Waals surface area contributed by atoms with Crippen molar-refractivity contribution in [2.75, 3.05) is 18.5 Å². The van der Waals surface area contributed by atoms with Crippen LogP contribution < -0.4 is 4.90 Å². The molecule has 18 heavy (non-hydrogen) atoms. The number of hydrogen-bond acceptors (Lipinski definition) is 3. The van der Waals surface area contributed by atoms with Crippen LogP contribution in [0.25, 0.3) is 10.9 Å². The molecule has 0 saturated heterocycles. The van der Waals surface area contributed by atoms with Crippen LogP contribution in [-0.2, 0) is 0 Å². The van der Waals surface area contributed by atoms with E-state index < -0.39 is 0 Å². The summed E-state index contributed by atoms with van der Waals surface area (Å²) in [5.41, 5.74) is 1.00. The van der Waals surface area contributed by atoms with Crippen molar-refractivity contribution in [3.05, 3.63) is 29.0 Å². The van der Waals surface area contributed by atoms with Gasteiger partial charge >= 0.3 is 0 Å². The summed E-state index contributed by atoms with van der Waals surface area (Å²) < 4.78 is 1.07. The Morgan fingerprint density at radius 3 is 2.94 bits per heavy atom. The molecule has 0 N–H and O–H groups in total. The van der Waals surface area contributed by atoms with Crippen LogP contribution in [0.3, 0.4) is 0 Å². The Kier molecular flexibility index (Phi) is 3.20. The molecule has 3 nitrogen and oxygen atoms in total. The first-order valence-corrected chi connectivity index (χ1v) is 7.15. The normalized spacial score (nSPS) is 15.0. The van der Waals surface area contributed by atoms with Crippen LogP contribution in [0.2, 0.25) is 0 Å². The second kappa shape index (κ2) is 4.84. The molecule has 0 bridgehead atoms. The highest BCUT2D eigenvalue weighted by molar-refractivity contribution is 9.10. The van der Waals surface area contributed by atoms with Gasteiger partial charge in [-0.15, -0.1) is 0 Å². The average Bonchev–Trinajstić information content (AvgIpc) is 3.19. The van der Waals surface area contributed by atoms with Crippen LogP contribution in [0.1, 0.15) is 19.3 Å². The molecule has 1 aliphatic rings. The minimum Gasteiger partial charge on any atom is -0.359 e. The van der Waals surface area contributed by atoms with Gasteiger partial charge in [0.05, 0.1) is 5.52 Å². The van der Waals surface area contributed by atoms with Gasteiger partial charge in [-0.3, -0.25) is 0 Å². The predicted octanol–water partition coefficient (Wildman–Crippen LogP) is 3.63. The number of hydrogen-bond donors (Lipinski definition) is 0. The van der Waals surface area contributed by atoms with E-state index in [0.29, 0.717) is 0 Å². The van der Waals surface area contributed by atoms with Crippen LogP contribution in [-0.4, -0.2) is 23.6 Å². The fourth-order valence-corrected chi connectivity index (χ4v) is 2.57. The lowest BCUT2D eigenvalue weighted by Gasteiger charge is -2.19. The van der Waals surface area contributed by atoms with Crippen molar-refractivity contribution >= 4 is 32.7 Å². The number of halogens is 1. The molecule has 1 aromatic heterocycles. The maximum atomic E-state index is 4.44. The van der Waals surface area contributed by atoms with E-state index in [1.165, 1.54) is 19.3 Å². The Hall–Kier alpha value is -1.16. The van der Waals surface area contributed by atoms with E-state index in [9.17, 15) is 0 Å². The summed E-state index contributed by atoms with van der Waals surface area (Å²) in [4.78, 5) is 11.0. The predicted molar refractivity (Wildman–Crippen MR) is 77.8 cm³/mol. The molecule has 1 fully saturated rings. The largest absolute Gasteiger partial charge is 0.359 e. The summed E-state index contributed by atoms with van der Waals surface area (Å²) in [7, 11) is 2.12. The molecule has 1 heterocycles. The van der Waals surface area contributed by atoms with Crippen LogP contribution in [0.5, 0.6) is 0 Å². The van der Waals surface area contributed by atoms with Crippen molar-refractivity contribution in [3.8, 4) is 0 Å². The zero-order chi connectivity index (χ0) is 12.5. The molecular formula is C14H16BrN3. The van der Waals surface area contributed by atoms with Crippen LogP contribution in [0, 0.1) is 5.92 Å². The smallest absolute Gasteiger partial charge is 0.139 e. The molecule has 1 aromatic carbocycles. The number of fused-ring (bicyclic) bond motifs is 1. The molecule has 2 aromatic rings. The van der Waals surface area contributed by atoms with Gasteiger partial charge in [-0.25, -0.2) is 9.97 Å². The molecule has 0 amide bonds. The number of aromatic nitrogens is 2. The molecule has 1 saturated carbocycles. The van der Waals surface area contributed by atoms with Crippen molar-refractivity contribution < 1.29 is 0 Å². The molecule has 0 atom stereocenters. The molecule has 1 aliphatic carbocycles. The van der Waals surface area contributed by atoms with E-state index in [0.717, 1.165) is 33.7 Å². The van der Waals surface area contributed by atoms with Crippen molar-refractivity contribution in [3.63, 3.8) is 0 Å².